The van der Waals surface area contributed by atoms with Gasteiger partial charge in [-0.25, -0.2) is 14.4 Å². The van der Waals surface area contributed by atoms with Crippen LogP contribution in [0.3, 0.4) is 0 Å². The minimum absolute atomic E-state index is 0.284. The highest BCUT2D eigenvalue weighted by atomic mass is 19.1. The van der Waals surface area contributed by atoms with Crippen LogP contribution in [0.5, 0.6) is 0 Å². The number of fused-ring (bicyclic) bond motifs is 3. The molecule has 152 valence electrons. The number of halogens is 1. The number of nitrogen functional groups attached to an aromatic ring is 1. The molecule has 2 N–H and O–H groups in total. The van der Waals surface area contributed by atoms with Crippen molar-refractivity contribution in [1.29, 1.82) is 0 Å². The molecule has 0 aliphatic carbocycles. The molecule has 0 saturated heterocycles. The summed E-state index contributed by atoms with van der Waals surface area (Å²) in [6.07, 6.45) is 5.72. The molecule has 6 rings (SSSR count). The van der Waals surface area contributed by atoms with Crippen LogP contribution in [-0.4, -0.2) is 28.7 Å². The fraction of sp³-hybridized carbons (Fsp3) is 0.0870. The van der Waals surface area contributed by atoms with E-state index >= 15 is 0 Å². The molecule has 31 heavy (non-hydrogen) atoms. The van der Waals surface area contributed by atoms with Gasteiger partial charge in [-0.3, -0.25) is 0 Å². The Balaban J connectivity index is 1.56. The van der Waals surface area contributed by atoms with E-state index < -0.39 is 0 Å². The van der Waals surface area contributed by atoms with Gasteiger partial charge in [0.05, 0.1) is 11.4 Å². The van der Waals surface area contributed by atoms with E-state index in [1.165, 1.54) is 12.1 Å². The summed E-state index contributed by atoms with van der Waals surface area (Å²) in [5, 5.41) is 6.46. The third-order valence-corrected chi connectivity index (χ3v) is 5.69. The van der Waals surface area contributed by atoms with Crippen LogP contribution in [-0.2, 0) is 14.1 Å². The second-order valence-electron chi connectivity index (χ2n) is 7.71. The fourth-order valence-corrected chi connectivity index (χ4v) is 4.25. The van der Waals surface area contributed by atoms with Crippen LogP contribution in [0.25, 0.3) is 50.1 Å². The number of pyridine rings is 1. The van der Waals surface area contributed by atoms with Crippen molar-refractivity contribution in [2.75, 3.05) is 5.73 Å². The summed E-state index contributed by atoms with van der Waals surface area (Å²) in [6, 6.07) is 12.4. The van der Waals surface area contributed by atoms with Gasteiger partial charge in [-0.05, 0) is 30.3 Å². The Kier molecular flexibility index (Phi) is 3.50. The molecular weight excluding hydrogens is 393 g/mol. The first kappa shape index (κ1) is 17.6. The summed E-state index contributed by atoms with van der Waals surface area (Å²) in [5.74, 6) is 0.187. The van der Waals surface area contributed by atoms with Crippen molar-refractivity contribution in [3.63, 3.8) is 0 Å². The van der Waals surface area contributed by atoms with Crippen LogP contribution in [0.4, 0.5) is 10.2 Å². The number of benzene rings is 1. The van der Waals surface area contributed by atoms with Crippen LogP contribution in [0.2, 0.25) is 0 Å². The highest BCUT2D eigenvalue weighted by Crippen LogP contribution is 2.33. The maximum absolute atomic E-state index is 13.9. The van der Waals surface area contributed by atoms with Crippen molar-refractivity contribution in [1.82, 2.24) is 28.7 Å². The molecule has 0 aliphatic heterocycles. The number of aryl methyl sites for hydroxylation is 2. The Labute approximate surface area is 176 Å². The van der Waals surface area contributed by atoms with E-state index in [-0.39, 0.29) is 5.82 Å². The average Bonchev–Trinajstić information content (AvgIpc) is 3.42. The van der Waals surface area contributed by atoms with Gasteiger partial charge in [-0.1, -0.05) is 0 Å². The molecule has 8 heteroatoms. The number of nitrogens with zero attached hydrogens (tertiary/aromatic N) is 6. The van der Waals surface area contributed by atoms with Crippen LogP contribution in [0.1, 0.15) is 0 Å². The second-order valence-corrected chi connectivity index (χ2v) is 7.71. The minimum Gasteiger partial charge on any atom is -0.384 e. The second kappa shape index (κ2) is 6.15. The Hall–Kier alpha value is -4.20. The molecule has 0 atom stereocenters. The molecule has 0 aliphatic rings. The van der Waals surface area contributed by atoms with Gasteiger partial charge in [-0.2, -0.15) is 9.61 Å². The van der Waals surface area contributed by atoms with Crippen LogP contribution in [0.15, 0.2) is 61.1 Å². The Morgan fingerprint density at radius 2 is 1.71 bits per heavy atom. The Morgan fingerprint density at radius 1 is 0.903 bits per heavy atom. The Morgan fingerprint density at radius 3 is 2.58 bits per heavy atom. The lowest BCUT2D eigenvalue weighted by molar-refractivity contribution is 0.629. The highest BCUT2D eigenvalue weighted by Gasteiger charge is 2.17. The molecule has 6 aromatic rings. The fourth-order valence-electron chi connectivity index (χ4n) is 4.25. The van der Waals surface area contributed by atoms with Gasteiger partial charge in [0.15, 0.2) is 5.65 Å². The standard InChI is InChI=1S/C23H18FN7/c1-29-11-17(15-8-13(24)5-6-20(15)29)19-10-22-27-18(9-21(25)31(22)28-19)16-12-30(2)23-14(16)4-3-7-26-23/h3-12H,25H2,1-2H3. The van der Waals surface area contributed by atoms with Crippen molar-refractivity contribution in [2.45, 2.75) is 0 Å². The van der Waals surface area contributed by atoms with Crippen molar-refractivity contribution in [3.05, 3.63) is 66.9 Å². The number of anilines is 1. The number of rotatable bonds is 2. The summed E-state index contributed by atoms with van der Waals surface area (Å²) in [6.45, 7) is 0. The first-order valence-corrected chi connectivity index (χ1v) is 9.81. The van der Waals surface area contributed by atoms with Crippen LogP contribution < -0.4 is 5.73 Å². The molecule has 0 radical (unpaired) electrons. The molecule has 0 amide bonds. The molecule has 0 saturated carbocycles. The summed E-state index contributed by atoms with van der Waals surface area (Å²) in [7, 11) is 3.89. The van der Waals surface area contributed by atoms with Gasteiger partial charge in [0.1, 0.15) is 17.3 Å². The lowest BCUT2D eigenvalue weighted by Crippen LogP contribution is -2.01. The van der Waals surface area contributed by atoms with Crippen molar-refractivity contribution in [2.24, 2.45) is 14.1 Å². The first-order chi connectivity index (χ1) is 15.0. The molecule has 1 aromatic carbocycles. The lowest BCUT2D eigenvalue weighted by Gasteiger charge is -2.03. The van der Waals surface area contributed by atoms with Gasteiger partial charge >= 0.3 is 0 Å². The number of aromatic nitrogens is 6. The third-order valence-electron chi connectivity index (χ3n) is 5.69. The van der Waals surface area contributed by atoms with Crippen LogP contribution in [0, 0.1) is 5.82 Å². The normalized spacial score (nSPS) is 11.8. The molecule has 7 nitrogen and oxygen atoms in total. The predicted molar refractivity (Wildman–Crippen MR) is 119 cm³/mol. The van der Waals surface area contributed by atoms with E-state index in [2.05, 4.69) is 10.1 Å². The van der Waals surface area contributed by atoms with E-state index in [4.69, 9.17) is 10.7 Å². The average molecular weight is 411 g/mol. The molecule has 5 aromatic heterocycles. The summed E-state index contributed by atoms with van der Waals surface area (Å²) in [5.41, 5.74) is 12.0. The van der Waals surface area contributed by atoms with Gasteiger partial charge in [-0.15, -0.1) is 0 Å². The summed E-state index contributed by atoms with van der Waals surface area (Å²) >= 11 is 0. The molecule has 0 fully saturated rings. The van der Waals surface area contributed by atoms with Gasteiger partial charge < -0.3 is 14.9 Å². The van der Waals surface area contributed by atoms with E-state index in [1.54, 1.807) is 16.8 Å². The zero-order chi connectivity index (χ0) is 21.3. The SMILES string of the molecule is Cn1cc(-c2cc3nc(-c4cn(C)c5ncccc45)cc(N)n3n2)c2cc(F)ccc21. The summed E-state index contributed by atoms with van der Waals surface area (Å²) < 4.78 is 19.4. The molecular formula is C23H18FN7. The van der Waals surface area contributed by atoms with E-state index in [1.807, 2.05) is 59.9 Å². The van der Waals surface area contributed by atoms with Crippen molar-refractivity contribution >= 4 is 33.4 Å². The molecule has 0 spiro atoms. The van der Waals surface area contributed by atoms with Gasteiger partial charge in [0.25, 0.3) is 0 Å². The van der Waals surface area contributed by atoms with Gasteiger partial charge in [0.2, 0.25) is 0 Å². The molecule has 5 heterocycles. The molecule has 0 bridgehead atoms. The lowest BCUT2D eigenvalue weighted by atomic mass is 10.1. The topological polar surface area (TPSA) is 79.0 Å². The monoisotopic (exact) mass is 411 g/mol. The molecule has 0 unspecified atom stereocenters. The predicted octanol–water partition coefficient (Wildman–Crippen LogP) is 4.16. The number of hydrogen-bond acceptors (Lipinski definition) is 4. The Bertz CT molecular complexity index is 1640. The first-order valence-electron chi connectivity index (χ1n) is 9.81. The minimum atomic E-state index is -0.284. The van der Waals surface area contributed by atoms with Gasteiger partial charge in [0, 0.05) is 72.2 Å². The van der Waals surface area contributed by atoms with Crippen LogP contribution >= 0.6 is 0 Å². The summed E-state index contributed by atoms with van der Waals surface area (Å²) in [4.78, 5) is 9.27. The largest absolute Gasteiger partial charge is 0.384 e. The van der Waals surface area contributed by atoms with E-state index in [0.717, 1.165) is 38.8 Å². The zero-order valence-corrected chi connectivity index (χ0v) is 16.9. The zero-order valence-electron chi connectivity index (χ0n) is 16.9. The maximum Gasteiger partial charge on any atom is 0.158 e. The quantitative estimate of drug-likeness (QED) is 0.464. The number of hydrogen-bond donors (Lipinski definition) is 1. The maximum atomic E-state index is 13.9. The van der Waals surface area contributed by atoms with Crippen molar-refractivity contribution in [3.8, 4) is 22.5 Å². The smallest absolute Gasteiger partial charge is 0.158 e. The third kappa shape index (κ3) is 2.54. The van der Waals surface area contributed by atoms with E-state index in [9.17, 15) is 4.39 Å². The van der Waals surface area contributed by atoms with E-state index in [0.29, 0.717) is 17.2 Å². The highest BCUT2D eigenvalue weighted by molar-refractivity contribution is 5.96. The van der Waals surface area contributed by atoms with Crippen molar-refractivity contribution < 1.29 is 4.39 Å². The number of nitrogens with two attached hydrogens (primary N) is 1.